The Balaban J connectivity index is 0.000000281. The average Bonchev–Trinajstić information content (AvgIpc) is 0.817. The second-order valence-corrected chi connectivity index (χ2v) is 34.2. The van der Waals surface area contributed by atoms with Crippen LogP contribution in [0.2, 0.25) is 0 Å². The molecule has 12 rings (SSSR count). The van der Waals surface area contributed by atoms with Crippen LogP contribution in [0.4, 0.5) is 0 Å². The minimum absolute atomic E-state index is 0.00576. The molecule has 8 N–H and O–H groups in total. The summed E-state index contributed by atoms with van der Waals surface area (Å²) in [5, 5.41) is 112. The minimum Gasteiger partial charge on any atom is -0.493 e. The van der Waals surface area contributed by atoms with Gasteiger partial charge in [-0.1, -0.05) is 97.1 Å². The summed E-state index contributed by atoms with van der Waals surface area (Å²) in [6.45, 7) is 13.7. The van der Waals surface area contributed by atoms with Gasteiger partial charge in [0.1, 0.15) is 111 Å². The van der Waals surface area contributed by atoms with E-state index in [0.717, 1.165) is 0 Å². The fourth-order valence-electron chi connectivity index (χ4n) is 15.5. The Morgan fingerprint density at radius 2 is 0.651 bits per heavy atom. The highest BCUT2D eigenvalue weighted by molar-refractivity contribution is 6.11. The lowest BCUT2D eigenvalue weighted by Crippen LogP contribution is -2.61. The summed E-state index contributed by atoms with van der Waals surface area (Å²) in [6.07, 6.45) is -2.05. The molecule has 4 aromatic carbocycles. The number of aliphatic hydroxyl groups is 8. The Morgan fingerprint density at radius 3 is 0.959 bits per heavy atom. The van der Waals surface area contributed by atoms with Crippen LogP contribution in [0.1, 0.15) is 120 Å². The molecule has 792 valence electrons. The molecule has 48 nitrogen and oxygen atoms in total. The van der Waals surface area contributed by atoms with Gasteiger partial charge in [-0.2, -0.15) is 0 Å². The van der Waals surface area contributed by atoms with Crippen LogP contribution in [0, 0.1) is 17.8 Å². The summed E-state index contributed by atoms with van der Waals surface area (Å²) >= 11 is 0. The van der Waals surface area contributed by atoms with Gasteiger partial charge in [0.2, 0.25) is 0 Å². The molecule has 4 fully saturated rings. The predicted octanol–water partition coefficient (Wildman–Crippen LogP) is 3.39. The van der Waals surface area contributed by atoms with Crippen molar-refractivity contribution in [3.63, 3.8) is 0 Å². The number of ketones is 4. The van der Waals surface area contributed by atoms with Crippen molar-refractivity contribution in [1.29, 1.82) is 0 Å². The maximum Gasteiger partial charge on any atom is 0.303 e. The maximum absolute atomic E-state index is 12.8. The molecule has 4 saturated heterocycles. The third-order valence-electron chi connectivity index (χ3n) is 23.6. The molecule has 8 heterocycles. The molecule has 0 spiro atoms. The molecule has 20 atom stereocenters. The zero-order valence-corrected chi connectivity index (χ0v) is 82.5. The van der Waals surface area contributed by atoms with Crippen molar-refractivity contribution < 1.29 is 174 Å². The van der Waals surface area contributed by atoms with Gasteiger partial charge in [-0.05, 0) is 113 Å². The highest BCUT2D eigenvalue weighted by atomic mass is 16.7. The van der Waals surface area contributed by atoms with Crippen molar-refractivity contribution >= 4 is 71.3 Å². The van der Waals surface area contributed by atoms with E-state index in [4.69, 9.17) is 94.7 Å². The summed E-state index contributed by atoms with van der Waals surface area (Å²) in [4.78, 5) is 98.4. The van der Waals surface area contributed by atoms with E-state index in [9.17, 15) is 79.2 Å². The smallest absolute Gasteiger partial charge is 0.303 e. The van der Waals surface area contributed by atoms with Crippen molar-refractivity contribution in [3.05, 3.63) is 167 Å². The number of methoxy groups -OCH3 is 4. The van der Waals surface area contributed by atoms with Gasteiger partial charge >= 0.3 is 23.9 Å². The number of aromatic nitrogens is 12. The Labute approximate surface area is 838 Å². The first kappa shape index (κ1) is 113. The second-order valence-electron chi connectivity index (χ2n) is 34.2. The van der Waals surface area contributed by atoms with Crippen LogP contribution in [-0.4, -0.2) is 327 Å². The summed E-state index contributed by atoms with van der Waals surface area (Å²) in [5.41, 5.74) is 4.52. The number of carbonyl (C=O) groups excluding carboxylic acids is 8. The Hall–Kier alpha value is -13.3. The molecule has 4 aliphatic heterocycles. The lowest BCUT2D eigenvalue weighted by atomic mass is 9.79. The van der Waals surface area contributed by atoms with Gasteiger partial charge in [-0.3, -0.25) is 38.4 Å². The fourth-order valence-corrected chi connectivity index (χ4v) is 15.5. The van der Waals surface area contributed by atoms with Crippen LogP contribution in [0.15, 0.2) is 122 Å². The number of carbonyl (C=O) groups is 8. The van der Waals surface area contributed by atoms with E-state index in [0.29, 0.717) is 117 Å². The van der Waals surface area contributed by atoms with Crippen molar-refractivity contribution in [1.82, 2.24) is 60.0 Å². The Kier molecular flexibility index (Phi) is 43.3. The quantitative estimate of drug-likeness (QED) is 0.0117. The zero-order valence-electron chi connectivity index (χ0n) is 82.5. The molecule has 146 heavy (non-hydrogen) atoms. The van der Waals surface area contributed by atoms with Crippen molar-refractivity contribution in [2.45, 2.75) is 232 Å². The largest absolute Gasteiger partial charge is 0.493 e. The number of allylic oxidation sites excluding steroid dienone is 4. The normalized spacial score (nSPS) is 24.1. The van der Waals surface area contributed by atoms with E-state index in [2.05, 4.69) is 62.0 Å². The molecular weight excluding hydrogens is 1920 g/mol. The van der Waals surface area contributed by atoms with E-state index in [1.807, 2.05) is 0 Å². The molecule has 0 aliphatic carbocycles. The van der Waals surface area contributed by atoms with Crippen molar-refractivity contribution in [2.24, 2.45) is 17.8 Å². The molecule has 4 aromatic heterocycles. The SMILES string of the molecule is CCC1OC(OCCn2cc(COc3ccc(/C=C/C(=O)CC(=O)/C=C/c4ccc(OCc5cn(CCOC6OC(COC(C)=O)C(C)C(C)C6C)nn5)c(OC)c4)cc3OC)nn2)C(OC(C)=O)C(OC(C)=O)C1OC(C)=O.COc1cc(/C=C/C(=O)CC(=O)/C=C/c2ccc(OCc3cn(CCOC4OC(CO)C(O)C(O)C4O)nn3)c(OC)c2)ccc1OCc1cn(CCOC2OC(CO)C(O)C(O)C2O)nn1. The summed E-state index contributed by atoms with van der Waals surface area (Å²) in [5.74, 6) is -0.140. The van der Waals surface area contributed by atoms with Gasteiger partial charge in [-0.25, -0.2) is 18.7 Å². The third-order valence-corrected chi connectivity index (χ3v) is 23.6. The number of hydrogen-bond acceptors (Lipinski definition) is 44. The van der Waals surface area contributed by atoms with E-state index in [1.54, 1.807) is 133 Å². The van der Waals surface area contributed by atoms with Crippen LogP contribution in [0.25, 0.3) is 24.3 Å². The topological polar surface area (TPSA) is 606 Å². The first-order chi connectivity index (χ1) is 70.1. The molecule has 0 amide bonds. The van der Waals surface area contributed by atoms with Crippen LogP contribution >= 0.6 is 0 Å². The fraction of sp³-hybridized carbons (Fsp3) is 0.510. The van der Waals surface area contributed by atoms with Crippen LogP contribution in [0.3, 0.4) is 0 Å². The molecule has 8 aromatic rings. The van der Waals surface area contributed by atoms with Gasteiger partial charge in [0.25, 0.3) is 0 Å². The van der Waals surface area contributed by atoms with Crippen LogP contribution in [0.5, 0.6) is 46.0 Å². The van der Waals surface area contributed by atoms with Crippen LogP contribution < -0.4 is 37.9 Å². The summed E-state index contributed by atoms with van der Waals surface area (Å²) in [6, 6.07) is 20.3. The van der Waals surface area contributed by atoms with E-state index < -0.39 is 153 Å². The van der Waals surface area contributed by atoms with E-state index in [-0.39, 0.29) is 109 Å². The predicted molar refractivity (Wildman–Crippen MR) is 505 cm³/mol. The van der Waals surface area contributed by atoms with Crippen molar-refractivity contribution in [2.75, 3.05) is 74.7 Å². The monoisotopic (exact) mass is 2040 g/mol. The molecular formula is C98H124N12O36. The molecule has 0 radical (unpaired) electrons. The lowest BCUT2D eigenvalue weighted by molar-refractivity contribution is -0.304. The number of rotatable bonds is 52. The number of benzene rings is 4. The van der Waals surface area contributed by atoms with Gasteiger partial charge < -0.3 is 136 Å². The minimum atomic E-state index is -1.55. The molecule has 4 aliphatic rings. The van der Waals surface area contributed by atoms with Gasteiger partial charge in [-0.15, -0.1) is 20.4 Å². The highest BCUT2D eigenvalue weighted by Gasteiger charge is 2.53. The van der Waals surface area contributed by atoms with Crippen molar-refractivity contribution in [3.8, 4) is 46.0 Å². The Morgan fingerprint density at radius 1 is 0.349 bits per heavy atom. The number of nitrogens with zero attached hydrogens (tertiary/aromatic N) is 12. The Bertz CT molecular complexity index is 5580. The average molecular weight is 2050 g/mol. The maximum atomic E-state index is 12.8. The standard InChI is InChI=1S/C55H70N6O18.C43H54N6O18/c1-11-45-51(75-36(6)63)52(76-37(7)64)53(77-38(8)65)55(78-45)71-23-21-61-28-42(57-59-61)30-74-47-19-15-40(25-49(47)69-10)13-17-44(67)26-43(66)16-12-39-14-18-46(48(24-39)68-9)73-29-41-27-60(58-56-41)20-22-70-54-34(4)32(2)33(3)50(79-54)31-72-35(5)62;1-60-32-15-24(5-9-30(32)64-22-26-18-48(46-44-26)11-13-62-42-40(58)38(56)36(54)34(20-50)66-42)3-7-28(52)17-29(53)8-4-25-6-10-31(33(16-25)61-2)65-23-27-19-49(47-45-27)12-14-63-43-41(59)39(57)37(55)35(21-51)67-43/h12-19,24-25,27-28,32-34,45,50-55H,11,20-23,26,29-31H2,1-10H3;3-10,15-16,18-19,34-43,50-51,54-59H,11-14,17,20-23H2,1-2H3/b16-12+,17-13+;7-3+,8-4+. The number of esters is 4. The zero-order chi connectivity index (χ0) is 105. The molecule has 0 bridgehead atoms. The first-order valence-corrected chi connectivity index (χ1v) is 46.8. The van der Waals surface area contributed by atoms with E-state index >= 15 is 0 Å². The molecule has 0 saturated carbocycles. The molecule has 48 heteroatoms. The highest BCUT2D eigenvalue weighted by Crippen LogP contribution is 2.39. The lowest BCUT2D eigenvalue weighted by Gasteiger charge is -2.44. The van der Waals surface area contributed by atoms with Gasteiger partial charge in [0, 0.05) is 33.6 Å². The summed E-state index contributed by atoms with van der Waals surface area (Å²) < 4.78 is 119. The van der Waals surface area contributed by atoms with E-state index in [1.165, 1.54) is 94.5 Å². The third kappa shape index (κ3) is 33.1. The van der Waals surface area contributed by atoms with Gasteiger partial charge in [0.15, 0.2) is 113 Å². The summed E-state index contributed by atoms with van der Waals surface area (Å²) in [7, 11) is 5.90. The van der Waals surface area contributed by atoms with Crippen LogP contribution in [-0.2, 0) is 148 Å². The van der Waals surface area contributed by atoms with Gasteiger partial charge in [0.05, 0.1) is 138 Å². The molecule has 20 unspecified atom stereocenters. The number of ether oxygens (including phenoxy) is 20. The number of aliphatic hydroxyl groups excluding tert-OH is 8. The number of hydrogen-bond donors (Lipinski definition) is 8. The first-order valence-electron chi connectivity index (χ1n) is 46.8. The second kappa shape index (κ2) is 55.9.